The van der Waals surface area contributed by atoms with E-state index in [9.17, 15) is 0 Å². The first-order chi connectivity index (χ1) is 8.67. The first kappa shape index (κ1) is 13.8. The number of aromatic amines is 1. The number of halogens is 1. The summed E-state index contributed by atoms with van der Waals surface area (Å²) in [6.45, 7) is 2.86. The second-order valence-corrected chi connectivity index (χ2v) is 5.66. The summed E-state index contributed by atoms with van der Waals surface area (Å²) in [5.74, 6) is 0. The van der Waals surface area contributed by atoms with Gasteiger partial charge >= 0.3 is 0 Å². The minimum absolute atomic E-state index is 0.294. The Morgan fingerprint density at radius 3 is 2.94 bits per heavy atom. The van der Waals surface area contributed by atoms with Crippen molar-refractivity contribution in [1.29, 1.82) is 0 Å². The number of hydrogen-bond acceptors (Lipinski definition) is 2. The predicted molar refractivity (Wildman–Crippen MR) is 80.6 cm³/mol. The average Bonchev–Trinajstić information content (AvgIpc) is 2.64. The van der Waals surface area contributed by atoms with Crippen LogP contribution in [0.3, 0.4) is 0 Å². The van der Waals surface area contributed by atoms with E-state index in [0.717, 1.165) is 33.1 Å². The summed E-state index contributed by atoms with van der Waals surface area (Å²) in [5, 5.41) is 0. The lowest BCUT2D eigenvalue weighted by Crippen LogP contribution is -2.14. The van der Waals surface area contributed by atoms with Gasteiger partial charge in [-0.1, -0.05) is 29.3 Å². The van der Waals surface area contributed by atoms with Gasteiger partial charge in [-0.15, -0.1) is 0 Å². The van der Waals surface area contributed by atoms with Crippen LogP contribution in [0.2, 0.25) is 0 Å². The van der Waals surface area contributed by atoms with Crippen LogP contribution < -0.4 is 0 Å². The monoisotopic (exact) mass is 328 g/mol. The molecule has 18 heavy (non-hydrogen) atoms. The van der Waals surface area contributed by atoms with Gasteiger partial charge in [0.05, 0.1) is 23.7 Å². The number of nitrogens with one attached hydrogen (secondary N) is 1. The fourth-order valence-electron chi connectivity index (χ4n) is 2.28. The first-order valence-corrected chi connectivity index (χ1v) is 7.26. The van der Waals surface area contributed by atoms with E-state index in [4.69, 9.17) is 17.0 Å². The molecule has 3 nitrogen and oxygen atoms in total. The topological polar surface area (TPSA) is 29.9 Å². The molecule has 0 radical (unpaired) electrons. The fourth-order valence-corrected chi connectivity index (χ4v) is 3.00. The van der Waals surface area contributed by atoms with Crippen LogP contribution in [0, 0.1) is 4.77 Å². The van der Waals surface area contributed by atoms with Crippen molar-refractivity contribution >= 4 is 39.2 Å². The maximum atomic E-state index is 5.44. The summed E-state index contributed by atoms with van der Waals surface area (Å²) in [5.41, 5.74) is 2.20. The number of rotatable bonds is 5. The van der Waals surface area contributed by atoms with Gasteiger partial charge in [0.2, 0.25) is 0 Å². The Morgan fingerprint density at radius 1 is 1.50 bits per heavy atom. The van der Waals surface area contributed by atoms with E-state index in [2.05, 4.69) is 44.5 Å². The first-order valence-electron chi connectivity index (χ1n) is 6.06. The van der Waals surface area contributed by atoms with Crippen LogP contribution in [0.25, 0.3) is 11.0 Å². The number of ether oxygens (including phenoxy) is 1. The van der Waals surface area contributed by atoms with Crippen molar-refractivity contribution in [2.45, 2.75) is 25.8 Å². The van der Waals surface area contributed by atoms with Gasteiger partial charge in [-0.05, 0) is 36.8 Å². The Bertz CT molecular complexity index is 584. The van der Waals surface area contributed by atoms with Gasteiger partial charge in [0.25, 0.3) is 0 Å². The van der Waals surface area contributed by atoms with E-state index in [0.29, 0.717) is 12.6 Å². The zero-order chi connectivity index (χ0) is 13.1. The summed E-state index contributed by atoms with van der Waals surface area (Å²) in [6.07, 6.45) is 2.17. The summed E-state index contributed by atoms with van der Waals surface area (Å²) in [4.78, 5) is 3.26. The van der Waals surface area contributed by atoms with Gasteiger partial charge in [-0.3, -0.25) is 0 Å². The van der Waals surface area contributed by atoms with Gasteiger partial charge < -0.3 is 14.3 Å². The van der Waals surface area contributed by atoms with Gasteiger partial charge in [0.1, 0.15) is 0 Å². The number of imidazole rings is 1. The molecule has 1 atom stereocenters. The Balaban J connectivity index is 2.54. The van der Waals surface area contributed by atoms with Gasteiger partial charge in [0, 0.05) is 11.6 Å². The van der Waals surface area contributed by atoms with Crippen LogP contribution in [0.1, 0.15) is 25.8 Å². The predicted octanol–water partition coefficient (Wildman–Crippen LogP) is 4.45. The third kappa shape index (κ3) is 2.68. The molecular formula is C13H17BrN2OS. The van der Waals surface area contributed by atoms with Crippen LogP contribution in [0.4, 0.5) is 0 Å². The molecule has 1 unspecified atom stereocenters. The minimum Gasteiger partial charge on any atom is -0.383 e. The lowest BCUT2D eigenvalue weighted by atomic mass is 10.1. The Hall–Kier alpha value is -0.650. The van der Waals surface area contributed by atoms with Crippen molar-refractivity contribution in [2.24, 2.45) is 0 Å². The highest BCUT2D eigenvalue weighted by Crippen LogP contribution is 2.25. The molecule has 0 amide bonds. The largest absolute Gasteiger partial charge is 0.383 e. The standard InChI is InChI=1S/C13H17BrN2OS/c1-3-4-10(8-17-2)16-12-6-5-9(14)7-11(12)15-13(16)18/h5-7,10H,3-4,8H2,1-2H3,(H,15,18). The van der Waals surface area contributed by atoms with Crippen molar-refractivity contribution in [2.75, 3.05) is 13.7 Å². The Morgan fingerprint density at radius 2 is 2.28 bits per heavy atom. The number of H-pyrrole nitrogens is 1. The molecule has 98 valence electrons. The molecule has 1 aromatic carbocycles. The molecule has 0 aliphatic rings. The van der Waals surface area contributed by atoms with Crippen LogP contribution >= 0.6 is 28.1 Å². The molecule has 2 aromatic rings. The molecular weight excluding hydrogens is 312 g/mol. The van der Waals surface area contributed by atoms with E-state index in [1.165, 1.54) is 0 Å². The summed E-state index contributed by atoms with van der Waals surface area (Å²) < 4.78 is 9.30. The summed E-state index contributed by atoms with van der Waals surface area (Å²) in [7, 11) is 1.73. The highest BCUT2D eigenvalue weighted by atomic mass is 79.9. The quantitative estimate of drug-likeness (QED) is 0.822. The van der Waals surface area contributed by atoms with Crippen molar-refractivity contribution in [3.63, 3.8) is 0 Å². The molecule has 0 saturated heterocycles. The number of fused-ring (bicyclic) bond motifs is 1. The molecule has 1 aromatic heterocycles. The van der Waals surface area contributed by atoms with E-state index in [-0.39, 0.29) is 0 Å². The van der Waals surface area contributed by atoms with Crippen molar-refractivity contribution < 1.29 is 4.74 Å². The molecule has 1 heterocycles. The highest BCUT2D eigenvalue weighted by molar-refractivity contribution is 9.10. The van der Waals surface area contributed by atoms with Gasteiger partial charge in [0.15, 0.2) is 4.77 Å². The van der Waals surface area contributed by atoms with Crippen LogP contribution in [-0.4, -0.2) is 23.3 Å². The third-order valence-electron chi connectivity index (χ3n) is 3.02. The van der Waals surface area contributed by atoms with Crippen LogP contribution in [0.15, 0.2) is 22.7 Å². The van der Waals surface area contributed by atoms with Gasteiger partial charge in [-0.25, -0.2) is 0 Å². The zero-order valence-corrected chi connectivity index (χ0v) is 13.0. The smallest absolute Gasteiger partial charge is 0.178 e. The maximum absolute atomic E-state index is 5.44. The highest BCUT2D eigenvalue weighted by Gasteiger charge is 2.14. The van der Waals surface area contributed by atoms with E-state index in [1.54, 1.807) is 7.11 Å². The molecule has 0 aliphatic heterocycles. The number of hydrogen-bond donors (Lipinski definition) is 1. The number of benzene rings is 1. The molecule has 1 N–H and O–H groups in total. The molecule has 0 saturated carbocycles. The number of methoxy groups -OCH3 is 1. The number of aromatic nitrogens is 2. The fraction of sp³-hybridized carbons (Fsp3) is 0.462. The normalized spacial score (nSPS) is 13.1. The minimum atomic E-state index is 0.294. The summed E-state index contributed by atoms with van der Waals surface area (Å²) in [6, 6.07) is 6.47. The van der Waals surface area contributed by atoms with Crippen molar-refractivity contribution in [3.8, 4) is 0 Å². The van der Waals surface area contributed by atoms with Crippen LogP contribution in [-0.2, 0) is 4.74 Å². The molecule has 0 spiro atoms. The third-order valence-corrected chi connectivity index (χ3v) is 3.82. The molecule has 2 rings (SSSR count). The maximum Gasteiger partial charge on any atom is 0.178 e. The molecule has 0 aliphatic carbocycles. The lowest BCUT2D eigenvalue weighted by Gasteiger charge is -2.18. The second kappa shape index (κ2) is 5.99. The van der Waals surface area contributed by atoms with Gasteiger partial charge in [-0.2, -0.15) is 0 Å². The Kier molecular flexibility index (Phi) is 4.59. The van der Waals surface area contributed by atoms with Crippen molar-refractivity contribution in [3.05, 3.63) is 27.4 Å². The summed E-state index contributed by atoms with van der Waals surface area (Å²) >= 11 is 8.91. The molecule has 5 heteroatoms. The zero-order valence-electron chi connectivity index (χ0n) is 10.6. The van der Waals surface area contributed by atoms with E-state index in [1.807, 2.05) is 6.07 Å². The molecule has 0 bridgehead atoms. The van der Waals surface area contributed by atoms with Crippen molar-refractivity contribution in [1.82, 2.24) is 9.55 Å². The number of nitrogens with zero attached hydrogens (tertiary/aromatic N) is 1. The second-order valence-electron chi connectivity index (χ2n) is 4.36. The SMILES string of the molecule is CCCC(COC)n1c(=S)[nH]c2cc(Br)ccc21. The van der Waals surface area contributed by atoms with E-state index >= 15 is 0 Å². The van der Waals surface area contributed by atoms with Crippen LogP contribution in [0.5, 0.6) is 0 Å². The molecule has 0 fully saturated rings. The lowest BCUT2D eigenvalue weighted by molar-refractivity contribution is 0.151. The van der Waals surface area contributed by atoms with E-state index < -0.39 is 0 Å². The Labute approximate surface area is 120 Å². The average molecular weight is 329 g/mol.